The Bertz CT molecular complexity index is 888. The van der Waals surface area contributed by atoms with Crippen LogP contribution >= 0.6 is 23.2 Å². The van der Waals surface area contributed by atoms with Gasteiger partial charge in [-0.15, -0.1) is 0 Å². The maximum atomic E-state index is 13.0. The van der Waals surface area contributed by atoms with Gasteiger partial charge in [0.05, 0.1) is 6.54 Å². The molecule has 1 aromatic heterocycles. The van der Waals surface area contributed by atoms with Crippen molar-refractivity contribution >= 4 is 23.2 Å². The number of benzene rings is 2. The zero-order valence-electron chi connectivity index (χ0n) is 11.8. The Morgan fingerprint density at radius 3 is 2.57 bits per heavy atom. The third-order valence-corrected chi connectivity index (χ3v) is 3.97. The van der Waals surface area contributed by atoms with Crippen molar-refractivity contribution in [1.29, 1.82) is 0 Å². The second kappa shape index (κ2) is 6.56. The number of aromatic nitrogens is 2. The first-order valence-corrected chi connectivity index (χ1v) is 7.52. The quantitative estimate of drug-likeness (QED) is 0.714. The van der Waals surface area contributed by atoms with Gasteiger partial charge in [-0.25, -0.2) is 9.18 Å². The van der Waals surface area contributed by atoms with Crippen LogP contribution < -0.4 is 5.76 Å². The molecule has 4 nitrogen and oxygen atoms in total. The molecular weight excluding hydrogens is 342 g/mol. The molecule has 0 unspecified atom stereocenters. The van der Waals surface area contributed by atoms with Gasteiger partial charge in [0.1, 0.15) is 5.82 Å². The molecule has 1 heterocycles. The van der Waals surface area contributed by atoms with Gasteiger partial charge in [-0.2, -0.15) is 0 Å². The SMILES string of the molecule is O=c1onc(Cc2ccc(F)cc2)n1Cc1ccc(Cl)cc1Cl. The molecule has 0 fully saturated rings. The summed E-state index contributed by atoms with van der Waals surface area (Å²) in [6.45, 7) is 0.217. The van der Waals surface area contributed by atoms with E-state index in [4.69, 9.17) is 27.7 Å². The topological polar surface area (TPSA) is 48.0 Å². The predicted molar refractivity (Wildman–Crippen MR) is 85.5 cm³/mol. The fourth-order valence-electron chi connectivity index (χ4n) is 2.18. The van der Waals surface area contributed by atoms with E-state index in [-0.39, 0.29) is 12.4 Å². The zero-order valence-corrected chi connectivity index (χ0v) is 13.3. The predicted octanol–water partition coefficient (Wildman–Crippen LogP) is 3.92. The lowest BCUT2D eigenvalue weighted by atomic mass is 10.1. The minimum atomic E-state index is -0.576. The van der Waals surface area contributed by atoms with Gasteiger partial charge in [0.2, 0.25) is 0 Å². The average Bonchev–Trinajstić information content (AvgIpc) is 2.85. The lowest BCUT2D eigenvalue weighted by molar-refractivity contribution is 0.375. The van der Waals surface area contributed by atoms with Crippen LogP contribution in [0.4, 0.5) is 4.39 Å². The van der Waals surface area contributed by atoms with Crippen LogP contribution in [0.2, 0.25) is 10.0 Å². The molecule has 0 aliphatic rings. The van der Waals surface area contributed by atoms with Gasteiger partial charge < -0.3 is 0 Å². The summed E-state index contributed by atoms with van der Waals surface area (Å²) in [5.74, 6) is -0.458. The molecule has 118 valence electrons. The summed E-state index contributed by atoms with van der Waals surface area (Å²) in [4.78, 5) is 11.9. The van der Waals surface area contributed by atoms with Crippen molar-refractivity contribution in [2.45, 2.75) is 13.0 Å². The van der Waals surface area contributed by atoms with Gasteiger partial charge >= 0.3 is 5.76 Å². The minimum absolute atomic E-state index is 0.217. The molecule has 3 aromatic rings. The first-order valence-electron chi connectivity index (χ1n) is 6.76. The molecule has 0 atom stereocenters. The maximum absolute atomic E-state index is 13.0. The molecule has 2 aromatic carbocycles. The lowest BCUT2D eigenvalue weighted by Gasteiger charge is -2.07. The maximum Gasteiger partial charge on any atom is 0.441 e. The normalized spacial score (nSPS) is 10.9. The van der Waals surface area contributed by atoms with E-state index in [0.29, 0.717) is 22.3 Å². The number of halogens is 3. The highest BCUT2D eigenvalue weighted by atomic mass is 35.5. The van der Waals surface area contributed by atoms with Crippen molar-refractivity contribution in [3.05, 3.63) is 85.8 Å². The molecule has 3 rings (SSSR count). The van der Waals surface area contributed by atoms with Gasteiger partial charge in [-0.1, -0.05) is 46.6 Å². The average molecular weight is 353 g/mol. The van der Waals surface area contributed by atoms with E-state index in [0.717, 1.165) is 11.1 Å². The van der Waals surface area contributed by atoms with Crippen LogP contribution in [0.5, 0.6) is 0 Å². The molecule has 23 heavy (non-hydrogen) atoms. The fourth-order valence-corrected chi connectivity index (χ4v) is 2.65. The van der Waals surface area contributed by atoms with Crippen LogP contribution in [0.3, 0.4) is 0 Å². The van der Waals surface area contributed by atoms with Crippen LogP contribution in [-0.4, -0.2) is 9.72 Å². The fraction of sp³-hybridized carbons (Fsp3) is 0.125. The van der Waals surface area contributed by atoms with E-state index < -0.39 is 5.76 Å². The molecule has 0 radical (unpaired) electrons. The van der Waals surface area contributed by atoms with E-state index in [2.05, 4.69) is 5.16 Å². The summed E-state index contributed by atoms with van der Waals surface area (Å²) >= 11 is 12.0. The Kier molecular flexibility index (Phi) is 4.50. The molecule has 0 saturated carbocycles. The molecule has 7 heteroatoms. The zero-order chi connectivity index (χ0) is 16.4. The largest absolute Gasteiger partial charge is 0.441 e. The highest BCUT2D eigenvalue weighted by Crippen LogP contribution is 2.22. The summed E-state index contributed by atoms with van der Waals surface area (Å²) < 4.78 is 19.1. The number of rotatable bonds is 4. The first-order chi connectivity index (χ1) is 11.0. The van der Waals surface area contributed by atoms with Crippen molar-refractivity contribution in [2.75, 3.05) is 0 Å². The Morgan fingerprint density at radius 1 is 1.13 bits per heavy atom. The molecule has 0 bridgehead atoms. The number of hydrogen-bond donors (Lipinski definition) is 0. The Hall–Kier alpha value is -2.11. The van der Waals surface area contributed by atoms with Gasteiger partial charge in [-0.05, 0) is 35.4 Å². The van der Waals surface area contributed by atoms with Gasteiger partial charge in [-0.3, -0.25) is 9.09 Å². The van der Waals surface area contributed by atoms with Crippen molar-refractivity contribution in [1.82, 2.24) is 9.72 Å². The summed E-state index contributed by atoms with van der Waals surface area (Å²) in [5.41, 5.74) is 1.54. The van der Waals surface area contributed by atoms with Crippen molar-refractivity contribution in [3.8, 4) is 0 Å². The summed E-state index contributed by atoms with van der Waals surface area (Å²) in [6, 6.07) is 11.0. The molecule has 0 aliphatic carbocycles. The Balaban J connectivity index is 1.89. The van der Waals surface area contributed by atoms with Crippen LogP contribution in [0.1, 0.15) is 17.0 Å². The molecule has 0 amide bonds. The lowest BCUT2D eigenvalue weighted by Crippen LogP contribution is -2.18. The molecule has 0 spiro atoms. The molecule has 0 N–H and O–H groups in total. The van der Waals surface area contributed by atoms with E-state index in [1.807, 2.05) is 0 Å². The second-order valence-electron chi connectivity index (χ2n) is 4.99. The highest BCUT2D eigenvalue weighted by molar-refractivity contribution is 6.35. The Labute approximate surface area is 141 Å². The summed E-state index contributed by atoms with van der Waals surface area (Å²) in [6.07, 6.45) is 0.344. The monoisotopic (exact) mass is 352 g/mol. The third kappa shape index (κ3) is 3.63. The Morgan fingerprint density at radius 2 is 1.87 bits per heavy atom. The van der Waals surface area contributed by atoms with Crippen molar-refractivity contribution < 1.29 is 8.91 Å². The van der Waals surface area contributed by atoms with E-state index in [1.54, 1.807) is 30.3 Å². The summed E-state index contributed by atoms with van der Waals surface area (Å²) in [5, 5.41) is 4.76. The van der Waals surface area contributed by atoms with E-state index in [1.165, 1.54) is 16.7 Å². The molecular formula is C16H11Cl2FN2O2. The van der Waals surface area contributed by atoms with E-state index in [9.17, 15) is 9.18 Å². The second-order valence-corrected chi connectivity index (χ2v) is 5.83. The number of nitrogens with zero attached hydrogens (tertiary/aromatic N) is 2. The smallest absolute Gasteiger partial charge is 0.296 e. The first kappa shape index (κ1) is 15.8. The van der Waals surface area contributed by atoms with Gasteiger partial charge in [0.25, 0.3) is 0 Å². The van der Waals surface area contributed by atoms with Crippen LogP contribution in [0.25, 0.3) is 0 Å². The van der Waals surface area contributed by atoms with Crippen LogP contribution in [-0.2, 0) is 13.0 Å². The van der Waals surface area contributed by atoms with Gasteiger partial charge in [0, 0.05) is 16.5 Å². The highest BCUT2D eigenvalue weighted by Gasteiger charge is 2.13. The minimum Gasteiger partial charge on any atom is -0.296 e. The molecule has 0 saturated heterocycles. The molecule has 0 aliphatic heterocycles. The van der Waals surface area contributed by atoms with E-state index >= 15 is 0 Å². The van der Waals surface area contributed by atoms with Crippen molar-refractivity contribution in [3.63, 3.8) is 0 Å². The van der Waals surface area contributed by atoms with Gasteiger partial charge in [0.15, 0.2) is 5.82 Å². The van der Waals surface area contributed by atoms with Crippen LogP contribution in [0.15, 0.2) is 51.8 Å². The van der Waals surface area contributed by atoms with Crippen molar-refractivity contribution in [2.24, 2.45) is 0 Å². The number of hydrogen-bond acceptors (Lipinski definition) is 3. The standard InChI is InChI=1S/C16H11Cl2FN2O2/c17-12-4-3-11(14(18)8-12)9-21-15(20-23-16(21)22)7-10-1-5-13(19)6-2-10/h1-6,8H,7,9H2. The van der Waals surface area contributed by atoms with Crippen LogP contribution in [0, 0.1) is 5.82 Å². The third-order valence-electron chi connectivity index (χ3n) is 3.38. The summed E-state index contributed by atoms with van der Waals surface area (Å²) in [7, 11) is 0.